The zero-order chi connectivity index (χ0) is 14.6. The van der Waals surface area contributed by atoms with Crippen molar-refractivity contribution >= 4 is 17.6 Å². The minimum Gasteiger partial charge on any atom is -0.330 e. The predicted octanol–water partition coefficient (Wildman–Crippen LogP) is 1.98. The van der Waals surface area contributed by atoms with Crippen LogP contribution in [0.5, 0.6) is 0 Å². The summed E-state index contributed by atoms with van der Waals surface area (Å²) in [6.07, 6.45) is 1.58. The first kappa shape index (κ1) is 15.1. The molecule has 1 aromatic rings. The summed E-state index contributed by atoms with van der Waals surface area (Å²) in [5, 5.41) is 2.56. The number of aryl methyl sites for hydroxylation is 1. The molecule has 0 bridgehead atoms. The van der Waals surface area contributed by atoms with Gasteiger partial charge in [0.2, 0.25) is 0 Å². The number of carbonyl (C=O) groups is 2. The predicted molar refractivity (Wildman–Crippen MR) is 74.7 cm³/mol. The van der Waals surface area contributed by atoms with Crippen LogP contribution in [0.2, 0.25) is 0 Å². The van der Waals surface area contributed by atoms with Crippen LogP contribution in [-0.2, 0) is 9.59 Å². The van der Waals surface area contributed by atoms with Gasteiger partial charge in [0.05, 0.1) is 0 Å². The number of hydrogen-bond donors (Lipinski definition) is 1. The van der Waals surface area contributed by atoms with E-state index in [9.17, 15) is 9.59 Å². The highest BCUT2D eigenvalue weighted by atomic mass is 16.2. The van der Waals surface area contributed by atoms with E-state index in [4.69, 9.17) is 0 Å². The molecule has 1 heterocycles. The number of pyridine rings is 1. The van der Waals surface area contributed by atoms with Gasteiger partial charge in [-0.25, -0.2) is 4.98 Å². The molecule has 0 saturated carbocycles. The maximum atomic E-state index is 12.1. The molecule has 1 aromatic heterocycles. The van der Waals surface area contributed by atoms with Crippen molar-refractivity contribution in [1.29, 1.82) is 0 Å². The summed E-state index contributed by atoms with van der Waals surface area (Å²) in [5.74, 6) is -0.774. The minimum atomic E-state index is -0.654. The number of likely N-dealkylation sites (N-methyl/N-ethyl adjacent to an activating group) is 1. The molecule has 0 unspecified atom stereocenters. The first-order valence-corrected chi connectivity index (χ1v) is 6.32. The quantitative estimate of drug-likeness (QED) is 0.830. The van der Waals surface area contributed by atoms with Crippen molar-refractivity contribution in [3.8, 4) is 0 Å². The Hall–Kier alpha value is -1.91. The molecule has 1 rings (SSSR count). The lowest BCUT2D eigenvalue weighted by atomic mass is 10.1. The molecule has 0 fully saturated rings. The molecular weight excluding hydrogens is 242 g/mol. The molecule has 5 heteroatoms. The van der Waals surface area contributed by atoms with E-state index in [1.54, 1.807) is 12.3 Å². The Morgan fingerprint density at radius 1 is 1.37 bits per heavy atom. The molecule has 0 saturated heterocycles. The largest absolute Gasteiger partial charge is 0.330 e. The zero-order valence-electron chi connectivity index (χ0n) is 12.2. The highest BCUT2D eigenvalue weighted by Gasteiger charge is 2.29. The van der Waals surface area contributed by atoms with Crippen molar-refractivity contribution in [3.63, 3.8) is 0 Å². The second kappa shape index (κ2) is 5.82. The zero-order valence-corrected chi connectivity index (χ0v) is 12.2. The van der Waals surface area contributed by atoms with Gasteiger partial charge >= 0.3 is 11.8 Å². The van der Waals surface area contributed by atoms with Crippen LogP contribution in [-0.4, -0.2) is 33.8 Å². The molecule has 0 spiro atoms. The van der Waals surface area contributed by atoms with Crippen LogP contribution in [0, 0.1) is 6.92 Å². The topological polar surface area (TPSA) is 62.3 Å². The van der Waals surface area contributed by atoms with Gasteiger partial charge in [0, 0.05) is 18.3 Å². The first-order valence-electron chi connectivity index (χ1n) is 6.32. The van der Waals surface area contributed by atoms with Crippen LogP contribution < -0.4 is 5.32 Å². The second-order valence-corrected chi connectivity index (χ2v) is 5.34. The van der Waals surface area contributed by atoms with Gasteiger partial charge in [0.25, 0.3) is 0 Å². The fourth-order valence-electron chi connectivity index (χ4n) is 1.82. The molecule has 19 heavy (non-hydrogen) atoms. The fourth-order valence-corrected chi connectivity index (χ4v) is 1.82. The molecule has 5 nitrogen and oxygen atoms in total. The summed E-state index contributed by atoms with van der Waals surface area (Å²) in [7, 11) is 0. The van der Waals surface area contributed by atoms with E-state index in [0.29, 0.717) is 12.4 Å². The lowest BCUT2D eigenvalue weighted by molar-refractivity contribution is -0.146. The molecule has 2 amide bonds. The summed E-state index contributed by atoms with van der Waals surface area (Å²) in [5.41, 5.74) is 0.435. The number of carbonyl (C=O) groups excluding carboxylic acids is 2. The van der Waals surface area contributed by atoms with E-state index >= 15 is 0 Å². The van der Waals surface area contributed by atoms with Crippen LogP contribution in [0.1, 0.15) is 33.3 Å². The molecule has 104 valence electrons. The van der Waals surface area contributed by atoms with Crippen molar-refractivity contribution in [3.05, 3.63) is 23.9 Å². The fraction of sp³-hybridized carbons (Fsp3) is 0.500. The smallest absolute Gasteiger partial charge is 0.315 e. The lowest BCUT2D eigenvalue weighted by Crippen LogP contribution is -2.50. The molecule has 0 radical (unpaired) electrons. The average molecular weight is 263 g/mol. The molecular formula is C14H21N3O2. The van der Waals surface area contributed by atoms with Gasteiger partial charge in [-0.3, -0.25) is 9.59 Å². The monoisotopic (exact) mass is 263 g/mol. The Labute approximate surface area is 114 Å². The molecule has 1 N–H and O–H groups in total. The number of aromatic nitrogens is 1. The minimum absolute atomic E-state index is 0.387. The van der Waals surface area contributed by atoms with Crippen molar-refractivity contribution in [2.75, 3.05) is 11.9 Å². The maximum Gasteiger partial charge on any atom is 0.315 e. The third-order valence-corrected chi connectivity index (χ3v) is 2.81. The molecule has 0 aliphatic carbocycles. The van der Waals surface area contributed by atoms with Crippen LogP contribution in [0.25, 0.3) is 0 Å². The van der Waals surface area contributed by atoms with E-state index in [1.807, 2.05) is 40.7 Å². The van der Waals surface area contributed by atoms with Gasteiger partial charge < -0.3 is 10.2 Å². The first-order chi connectivity index (χ1) is 8.77. The van der Waals surface area contributed by atoms with Crippen molar-refractivity contribution in [2.24, 2.45) is 0 Å². The van der Waals surface area contributed by atoms with Crippen molar-refractivity contribution < 1.29 is 9.59 Å². The Balaban J connectivity index is 2.84. The SMILES string of the molecule is CCN(C(=O)C(=O)Nc1ncccc1C)C(C)(C)C. The Morgan fingerprint density at radius 2 is 2.00 bits per heavy atom. The summed E-state index contributed by atoms with van der Waals surface area (Å²) in [4.78, 5) is 29.7. The van der Waals surface area contributed by atoms with Gasteiger partial charge in [-0.1, -0.05) is 6.07 Å². The van der Waals surface area contributed by atoms with Gasteiger partial charge in [-0.15, -0.1) is 0 Å². The van der Waals surface area contributed by atoms with E-state index in [2.05, 4.69) is 10.3 Å². The van der Waals surface area contributed by atoms with Gasteiger partial charge in [0.15, 0.2) is 0 Å². The third-order valence-electron chi connectivity index (χ3n) is 2.81. The molecule has 0 aromatic carbocycles. The Bertz CT molecular complexity index is 478. The van der Waals surface area contributed by atoms with E-state index in [1.165, 1.54) is 4.90 Å². The van der Waals surface area contributed by atoms with Crippen molar-refractivity contribution in [2.45, 2.75) is 40.2 Å². The van der Waals surface area contributed by atoms with Crippen molar-refractivity contribution in [1.82, 2.24) is 9.88 Å². The number of nitrogens with zero attached hydrogens (tertiary/aromatic N) is 2. The molecule has 0 aliphatic heterocycles. The number of anilines is 1. The average Bonchev–Trinajstić information content (AvgIpc) is 2.31. The summed E-state index contributed by atoms with van der Waals surface area (Å²) >= 11 is 0. The second-order valence-electron chi connectivity index (χ2n) is 5.34. The maximum absolute atomic E-state index is 12.1. The number of amides is 2. The van der Waals surface area contributed by atoms with E-state index in [0.717, 1.165) is 5.56 Å². The number of hydrogen-bond acceptors (Lipinski definition) is 3. The summed E-state index contributed by atoms with van der Waals surface area (Å²) < 4.78 is 0. The normalized spacial score (nSPS) is 11.0. The lowest BCUT2D eigenvalue weighted by Gasteiger charge is -2.34. The van der Waals surface area contributed by atoms with Gasteiger partial charge in [0.1, 0.15) is 5.82 Å². The Morgan fingerprint density at radius 3 is 2.47 bits per heavy atom. The number of rotatable bonds is 2. The van der Waals surface area contributed by atoms with E-state index in [-0.39, 0.29) is 5.54 Å². The van der Waals surface area contributed by atoms with Gasteiger partial charge in [-0.2, -0.15) is 0 Å². The summed E-state index contributed by atoms with van der Waals surface area (Å²) in [6, 6.07) is 3.61. The third kappa shape index (κ3) is 3.77. The van der Waals surface area contributed by atoms with Gasteiger partial charge in [-0.05, 0) is 46.2 Å². The van der Waals surface area contributed by atoms with E-state index < -0.39 is 11.8 Å². The number of nitrogens with one attached hydrogen (secondary N) is 1. The highest BCUT2D eigenvalue weighted by Crippen LogP contribution is 2.14. The highest BCUT2D eigenvalue weighted by molar-refractivity contribution is 6.39. The van der Waals surface area contributed by atoms with Crippen LogP contribution in [0.15, 0.2) is 18.3 Å². The van der Waals surface area contributed by atoms with Crippen LogP contribution in [0.4, 0.5) is 5.82 Å². The Kier molecular flexibility index (Phi) is 4.64. The molecule has 0 aliphatic rings. The van der Waals surface area contributed by atoms with Crippen LogP contribution in [0.3, 0.4) is 0 Å². The standard InChI is InChI=1S/C14H21N3O2/c1-6-17(14(3,4)5)13(19)12(18)16-11-10(2)8-7-9-15-11/h7-9H,6H2,1-5H3,(H,15,16,18). The van der Waals surface area contributed by atoms with Crippen LogP contribution >= 0.6 is 0 Å². The summed E-state index contributed by atoms with van der Waals surface area (Å²) in [6.45, 7) is 9.85. The molecule has 0 atom stereocenters.